The fraction of sp³-hybridized carbons (Fsp3) is 0.772. The van der Waals surface area contributed by atoms with Crippen LogP contribution in [0.3, 0.4) is 0 Å². The number of rotatable bonds is 8. The molecule has 3 fully saturated rings. The zero-order chi connectivity index (χ0) is 53.9. The number of carbonyl (C=O) groups is 5. The van der Waals surface area contributed by atoms with Crippen molar-refractivity contribution in [2.75, 3.05) is 27.9 Å². The number of aliphatic hydroxyl groups is 2. The van der Waals surface area contributed by atoms with Crippen LogP contribution in [-0.2, 0) is 52.1 Å². The molecule has 0 spiro atoms. The van der Waals surface area contributed by atoms with Crippen LogP contribution in [-0.4, -0.2) is 135 Å². The number of piperidine rings is 1. The second kappa shape index (κ2) is 27.1. The summed E-state index contributed by atoms with van der Waals surface area (Å²) in [5.74, 6) is -7.77. The zero-order valence-electron chi connectivity index (χ0n) is 46.6. The number of amides is 1. The Labute approximate surface area is 433 Å². The van der Waals surface area contributed by atoms with Crippen molar-refractivity contribution in [3.8, 4) is 0 Å². The van der Waals surface area contributed by atoms with Gasteiger partial charge in [0.25, 0.3) is 11.7 Å². The number of fused-ring (bicyclic) bond motifs is 3. The first kappa shape index (κ1) is 61.4. The number of Topliss-reactive ketones (excluding diaryl/α,β-unsaturated/α-hetero) is 3. The zero-order valence-corrected chi connectivity index (χ0v) is 47.6. The van der Waals surface area contributed by atoms with E-state index >= 15 is 0 Å². The molecule has 15 heteroatoms. The summed E-state index contributed by atoms with van der Waals surface area (Å²) in [6.07, 6.45) is 12.7. The number of hydrogen-bond donors (Lipinski definition) is 2. The highest BCUT2D eigenvalue weighted by atomic mass is 28.4. The number of ether oxygens (including phenoxy) is 5. The highest BCUT2D eigenvalue weighted by Crippen LogP contribution is 2.42. The van der Waals surface area contributed by atoms with Crippen molar-refractivity contribution in [2.45, 2.75) is 219 Å². The van der Waals surface area contributed by atoms with Crippen LogP contribution in [0.25, 0.3) is 0 Å². The van der Waals surface area contributed by atoms with E-state index in [9.17, 15) is 34.2 Å². The van der Waals surface area contributed by atoms with Gasteiger partial charge in [-0.05, 0) is 125 Å². The molecular formula is C57H93NO13Si. The molecule has 2 N–H and O–H groups in total. The first-order chi connectivity index (χ1) is 33.7. The molecule has 0 radical (unpaired) electrons. The van der Waals surface area contributed by atoms with E-state index < -0.39 is 86.1 Å². The van der Waals surface area contributed by atoms with Crippen LogP contribution in [0.4, 0.5) is 0 Å². The predicted molar refractivity (Wildman–Crippen MR) is 281 cm³/mol. The largest absolute Gasteiger partial charge is 0.460 e. The van der Waals surface area contributed by atoms with Gasteiger partial charge in [0.15, 0.2) is 14.1 Å². The Morgan fingerprint density at radius 3 is 2.18 bits per heavy atom. The summed E-state index contributed by atoms with van der Waals surface area (Å²) in [6.45, 7) is 24.1. The van der Waals surface area contributed by atoms with Gasteiger partial charge in [0.2, 0.25) is 5.79 Å². The molecule has 0 unspecified atom stereocenters. The van der Waals surface area contributed by atoms with E-state index in [-0.39, 0.29) is 66.0 Å². The lowest BCUT2D eigenvalue weighted by molar-refractivity contribution is -0.265. The van der Waals surface area contributed by atoms with Crippen molar-refractivity contribution in [1.82, 2.24) is 4.90 Å². The molecule has 72 heavy (non-hydrogen) atoms. The lowest BCUT2D eigenvalue weighted by atomic mass is 9.78. The normalized spacial score (nSPS) is 38.2. The molecule has 408 valence electrons. The fourth-order valence-corrected chi connectivity index (χ4v) is 12.2. The Kier molecular flexibility index (Phi) is 23.1. The third-order valence-electron chi connectivity index (χ3n) is 16.7. The molecule has 3 aliphatic heterocycles. The molecule has 4 rings (SSSR count). The summed E-state index contributed by atoms with van der Waals surface area (Å²) >= 11 is 0. The number of allylic oxidation sites excluding steroid dienone is 6. The number of carbonyl (C=O) groups excluding carboxylic acids is 5. The van der Waals surface area contributed by atoms with Crippen molar-refractivity contribution in [2.24, 2.45) is 35.5 Å². The van der Waals surface area contributed by atoms with E-state index in [0.29, 0.717) is 50.5 Å². The summed E-state index contributed by atoms with van der Waals surface area (Å²) in [6, 6.07) is -1.13. The first-order valence-electron chi connectivity index (χ1n) is 26.9. The third kappa shape index (κ3) is 15.9. The molecule has 0 aromatic carbocycles. The SMILES string of the molecule is CO[C@H]1C[C@@H]2CC[C@@H](C)[C@@](O)(O2)C(=O)C(=O)N2CCCC[C@H]2C(=O)O[C@H]([C@@H](C)C[C@@H]2CC[C@@H](O[Si](C)(C)C(C)(C)C)[C@H](OC)C2)CC(=O)[C@H](C)/C=C(\C)[C@@H](O)[C@@H](OC)C(=O)[C@H](C)C[C@H](C)/C=C/C=C/C=C/1C. The number of aliphatic hydroxyl groups excluding tert-OH is 1. The van der Waals surface area contributed by atoms with Crippen LogP contribution in [0.1, 0.15) is 146 Å². The van der Waals surface area contributed by atoms with Gasteiger partial charge in [-0.2, -0.15) is 0 Å². The van der Waals surface area contributed by atoms with Crippen molar-refractivity contribution < 1.29 is 62.3 Å². The molecule has 2 saturated heterocycles. The highest BCUT2D eigenvalue weighted by molar-refractivity contribution is 6.74. The molecule has 0 aromatic heterocycles. The maximum absolute atomic E-state index is 14.6. The second-order valence-corrected chi connectivity index (χ2v) is 28.2. The van der Waals surface area contributed by atoms with Gasteiger partial charge in [-0.3, -0.25) is 19.2 Å². The van der Waals surface area contributed by atoms with Crippen LogP contribution >= 0.6 is 0 Å². The maximum Gasteiger partial charge on any atom is 0.329 e. The minimum Gasteiger partial charge on any atom is -0.460 e. The van der Waals surface area contributed by atoms with E-state index in [2.05, 4.69) is 33.9 Å². The van der Waals surface area contributed by atoms with Crippen molar-refractivity contribution in [3.05, 3.63) is 47.6 Å². The number of esters is 1. The number of ketones is 3. The van der Waals surface area contributed by atoms with E-state index in [1.54, 1.807) is 41.1 Å². The minimum absolute atomic E-state index is 0.0209. The first-order valence-corrected chi connectivity index (χ1v) is 29.8. The molecular weight excluding hydrogens is 935 g/mol. The molecule has 14 nitrogen and oxygen atoms in total. The Hall–Kier alpha value is -3.15. The fourth-order valence-electron chi connectivity index (χ4n) is 10.8. The van der Waals surface area contributed by atoms with E-state index in [4.69, 9.17) is 28.1 Å². The number of nitrogens with zero attached hydrogens (tertiary/aromatic N) is 1. The Balaban J connectivity index is 1.70. The van der Waals surface area contributed by atoms with Gasteiger partial charge in [-0.25, -0.2) is 4.79 Å². The summed E-state index contributed by atoms with van der Waals surface area (Å²) in [7, 11) is 2.61. The molecule has 4 aliphatic rings. The summed E-state index contributed by atoms with van der Waals surface area (Å²) < 4.78 is 37.0. The molecule has 0 aromatic rings. The topological polar surface area (TPSA) is 184 Å². The van der Waals surface area contributed by atoms with Crippen LogP contribution in [0.15, 0.2) is 47.6 Å². The predicted octanol–water partition coefficient (Wildman–Crippen LogP) is 9.21. The quantitative estimate of drug-likeness (QED) is 0.102. The van der Waals surface area contributed by atoms with Crippen LogP contribution in [0, 0.1) is 35.5 Å². The molecule has 1 aliphatic carbocycles. The Morgan fingerprint density at radius 1 is 0.847 bits per heavy atom. The molecule has 1 amide bonds. The Bertz CT molecular complexity index is 1970. The summed E-state index contributed by atoms with van der Waals surface area (Å²) in [5, 5.41) is 23.6. The lowest BCUT2D eigenvalue weighted by Crippen LogP contribution is -2.61. The van der Waals surface area contributed by atoms with Gasteiger partial charge < -0.3 is 43.2 Å². The van der Waals surface area contributed by atoms with Crippen LogP contribution < -0.4 is 0 Å². The minimum atomic E-state index is -2.43. The average molecular weight is 1030 g/mol. The highest BCUT2D eigenvalue weighted by Gasteiger charge is 2.53. The number of methoxy groups -OCH3 is 3. The van der Waals surface area contributed by atoms with E-state index in [1.165, 1.54) is 12.0 Å². The molecule has 1 saturated carbocycles. The van der Waals surface area contributed by atoms with Gasteiger partial charge in [0.1, 0.15) is 30.1 Å². The van der Waals surface area contributed by atoms with Gasteiger partial charge >= 0.3 is 5.97 Å². The van der Waals surface area contributed by atoms with Gasteiger partial charge in [0.05, 0.1) is 24.4 Å². The van der Waals surface area contributed by atoms with Gasteiger partial charge in [-0.15, -0.1) is 0 Å². The molecule has 3 heterocycles. The van der Waals surface area contributed by atoms with Crippen molar-refractivity contribution in [1.29, 1.82) is 0 Å². The van der Waals surface area contributed by atoms with E-state index in [0.717, 1.165) is 24.8 Å². The summed E-state index contributed by atoms with van der Waals surface area (Å²) in [5.41, 5.74) is 1.29. The standard InChI is InChI=1S/C57H93NO13Si/c1-35-21-17-16-18-22-36(2)47(66-11)33-43-26-24-41(7)57(65,70-43)53(62)54(63)58-28-20-19-23-44(58)55(64)69-48(34-45(59)37(3)30-40(6)51(61)52(68-13)50(60)39(5)29-35)38(4)31-42-25-27-46(49(32-42)67-12)71-72(14,15)56(8,9)10/h16-18,21-22,30,35,37-39,41-44,46-49,51-52,61,65H,19-20,23-29,31-34H2,1-15H3/b18-16+,21-17+,36-22+,40-30+/t35-,37-,38+,39-,41-,42+,43+,44+,46-,47+,48+,49-,51-,52+,57-/m1/s1. The number of cyclic esters (lactones) is 1. The second-order valence-electron chi connectivity index (χ2n) is 23.4. The van der Waals surface area contributed by atoms with Crippen LogP contribution in [0.5, 0.6) is 0 Å². The Morgan fingerprint density at radius 2 is 1.54 bits per heavy atom. The maximum atomic E-state index is 14.6. The van der Waals surface area contributed by atoms with Gasteiger partial charge in [-0.1, -0.05) is 91.8 Å². The van der Waals surface area contributed by atoms with Crippen molar-refractivity contribution in [3.63, 3.8) is 0 Å². The average Bonchev–Trinajstić information content (AvgIpc) is 3.32. The van der Waals surface area contributed by atoms with E-state index in [1.807, 2.05) is 58.1 Å². The smallest absolute Gasteiger partial charge is 0.329 e. The monoisotopic (exact) mass is 1030 g/mol. The molecule has 15 atom stereocenters. The van der Waals surface area contributed by atoms with Gasteiger partial charge in [0, 0.05) is 58.5 Å². The lowest BCUT2D eigenvalue weighted by Gasteiger charge is -2.44. The third-order valence-corrected chi connectivity index (χ3v) is 21.2. The van der Waals surface area contributed by atoms with Crippen molar-refractivity contribution >= 4 is 37.5 Å². The van der Waals surface area contributed by atoms with Crippen LogP contribution in [0.2, 0.25) is 18.1 Å². The number of hydrogen-bond acceptors (Lipinski definition) is 13. The summed E-state index contributed by atoms with van der Waals surface area (Å²) in [4.78, 5) is 72.7. The molecule has 2 bridgehead atoms.